The third kappa shape index (κ3) is 6.24. The number of carboxylic acids is 1. The molecule has 2 amide bonds. The number of carbonyl (C=O) groups is 2. The second-order valence-electron chi connectivity index (χ2n) is 4.56. The molecule has 7 nitrogen and oxygen atoms in total. The van der Waals surface area contributed by atoms with Crippen molar-refractivity contribution in [1.29, 1.82) is 0 Å². The molecule has 0 radical (unpaired) electrons. The van der Waals surface area contributed by atoms with Crippen LogP contribution in [0.1, 0.15) is 25.5 Å². The van der Waals surface area contributed by atoms with Crippen LogP contribution in [-0.2, 0) is 11.2 Å². The Hall–Kier alpha value is -2.02. The van der Waals surface area contributed by atoms with E-state index in [1.165, 1.54) is 0 Å². The maximum Gasteiger partial charge on any atom is 0.332 e. The Morgan fingerprint density at radius 2 is 2.15 bits per heavy atom. The minimum absolute atomic E-state index is 0.0243. The van der Waals surface area contributed by atoms with Crippen LogP contribution in [0, 0.1) is 0 Å². The molecule has 0 aliphatic carbocycles. The molecule has 20 heavy (non-hydrogen) atoms. The van der Waals surface area contributed by atoms with E-state index in [9.17, 15) is 9.59 Å². The highest BCUT2D eigenvalue weighted by Gasteiger charge is 2.13. The van der Waals surface area contributed by atoms with Crippen molar-refractivity contribution in [2.45, 2.75) is 38.3 Å². The molecule has 0 aliphatic rings. The summed E-state index contributed by atoms with van der Waals surface area (Å²) in [6.07, 6.45) is 1.59. The van der Waals surface area contributed by atoms with Crippen LogP contribution in [0.25, 0.3) is 0 Å². The molecule has 0 aromatic carbocycles. The highest BCUT2D eigenvalue weighted by atomic mass is 16.4. The van der Waals surface area contributed by atoms with Crippen LogP contribution in [0.3, 0.4) is 0 Å². The van der Waals surface area contributed by atoms with Gasteiger partial charge in [-0.05, 0) is 25.5 Å². The molecule has 0 aliphatic heterocycles. The molecule has 1 heterocycles. The zero-order valence-corrected chi connectivity index (χ0v) is 11.3. The molecular weight excluding hydrogens is 264 g/mol. The first-order chi connectivity index (χ1) is 9.49. The van der Waals surface area contributed by atoms with Crippen LogP contribution in [-0.4, -0.2) is 40.9 Å². The van der Waals surface area contributed by atoms with Crippen molar-refractivity contribution in [3.8, 4) is 0 Å². The van der Waals surface area contributed by atoms with Gasteiger partial charge in [-0.2, -0.15) is 0 Å². The molecule has 112 valence electrons. The molecule has 4 N–H and O–H groups in total. The number of carbonyl (C=O) groups excluding carboxylic acids is 1. The van der Waals surface area contributed by atoms with Gasteiger partial charge >= 0.3 is 12.0 Å². The van der Waals surface area contributed by atoms with Crippen molar-refractivity contribution >= 4 is 12.0 Å². The zero-order valence-electron chi connectivity index (χ0n) is 11.3. The van der Waals surface area contributed by atoms with Crippen molar-refractivity contribution in [1.82, 2.24) is 10.6 Å². The van der Waals surface area contributed by atoms with Gasteiger partial charge in [0.2, 0.25) is 0 Å². The Kier molecular flexibility index (Phi) is 6.58. The van der Waals surface area contributed by atoms with Gasteiger partial charge in [0.05, 0.1) is 6.26 Å². The molecule has 0 spiro atoms. The van der Waals surface area contributed by atoms with Gasteiger partial charge in [0.25, 0.3) is 0 Å². The number of carboxylic acid groups (broad SMARTS) is 1. The molecular formula is C13H20N2O5. The predicted molar refractivity (Wildman–Crippen MR) is 71.3 cm³/mol. The highest BCUT2D eigenvalue weighted by molar-refractivity contribution is 5.74. The van der Waals surface area contributed by atoms with E-state index in [0.29, 0.717) is 0 Å². The lowest BCUT2D eigenvalue weighted by molar-refractivity contribution is -0.146. The van der Waals surface area contributed by atoms with Crippen molar-refractivity contribution in [2.75, 3.05) is 6.54 Å². The number of amides is 2. The molecule has 1 aromatic heterocycles. The molecule has 0 saturated carbocycles. The maximum atomic E-state index is 11.5. The van der Waals surface area contributed by atoms with Crippen molar-refractivity contribution in [3.63, 3.8) is 0 Å². The van der Waals surface area contributed by atoms with Gasteiger partial charge in [-0.15, -0.1) is 0 Å². The number of aliphatic carboxylic acids is 1. The number of nitrogens with one attached hydrogen (secondary N) is 2. The van der Waals surface area contributed by atoms with Crippen LogP contribution < -0.4 is 10.6 Å². The summed E-state index contributed by atoms with van der Waals surface area (Å²) in [4.78, 5) is 21.9. The molecule has 1 aromatic rings. The summed E-state index contributed by atoms with van der Waals surface area (Å²) in [7, 11) is 0. The first-order valence-electron chi connectivity index (χ1n) is 6.46. The number of hydrogen-bond acceptors (Lipinski definition) is 4. The summed E-state index contributed by atoms with van der Waals surface area (Å²) in [5.74, 6) is -0.428. The molecule has 1 rings (SSSR count). The number of urea groups is 1. The van der Waals surface area contributed by atoms with E-state index in [0.717, 1.165) is 18.6 Å². The fraction of sp³-hybridized carbons (Fsp3) is 0.538. The summed E-state index contributed by atoms with van der Waals surface area (Å²) >= 11 is 0. The minimum atomic E-state index is -1.45. The highest BCUT2D eigenvalue weighted by Crippen LogP contribution is 2.05. The van der Waals surface area contributed by atoms with E-state index in [2.05, 4.69) is 10.6 Å². The number of aryl methyl sites for hydroxylation is 1. The van der Waals surface area contributed by atoms with Gasteiger partial charge in [0.15, 0.2) is 6.10 Å². The van der Waals surface area contributed by atoms with Gasteiger partial charge in [0.1, 0.15) is 5.76 Å². The average Bonchev–Trinajstić information content (AvgIpc) is 2.89. The van der Waals surface area contributed by atoms with Crippen molar-refractivity contribution in [3.05, 3.63) is 24.2 Å². The van der Waals surface area contributed by atoms with Crippen molar-refractivity contribution in [2.24, 2.45) is 0 Å². The number of aliphatic hydroxyl groups is 1. The molecule has 0 fully saturated rings. The van der Waals surface area contributed by atoms with Crippen molar-refractivity contribution < 1.29 is 24.2 Å². The lowest BCUT2D eigenvalue weighted by atomic mass is 10.1. The lowest BCUT2D eigenvalue weighted by Crippen LogP contribution is -2.42. The smallest absolute Gasteiger partial charge is 0.332 e. The fourth-order valence-corrected chi connectivity index (χ4v) is 1.61. The van der Waals surface area contributed by atoms with Gasteiger partial charge in [-0.1, -0.05) is 0 Å². The number of rotatable bonds is 8. The standard InChI is InChI=1S/C13H20N2O5/c1-9(4-5-10-3-2-8-20-10)15-13(19)14-7-6-11(16)12(17)18/h2-3,8-9,11,16H,4-7H2,1H3,(H,17,18)(H2,14,15,19)/t9?,11-/m0/s1. The zero-order chi connectivity index (χ0) is 15.0. The normalized spacial score (nSPS) is 13.5. The third-order valence-electron chi connectivity index (χ3n) is 2.77. The third-order valence-corrected chi connectivity index (χ3v) is 2.77. The van der Waals surface area contributed by atoms with Gasteiger partial charge < -0.3 is 25.3 Å². The van der Waals surface area contributed by atoms with Crippen LogP contribution in [0.4, 0.5) is 4.79 Å². The first-order valence-corrected chi connectivity index (χ1v) is 6.46. The minimum Gasteiger partial charge on any atom is -0.479 e. The Balaban J connectivity index is 2.13. The van der Waals surface area contributed by atoms with E-state index in [-0.39, 0.29) is 25.0 Å². The summed E-state index contributed by atoms with van der Waals surface area (Å²) in [6, 6.07) is 3.27. The van der Waals surface area contributed by atoms with E-state index in [1.54, 1.807) is 6.26 Å². The predicted octanol–water partition coefficient (Wildman–Crippen LogP) is 0.736. The molecule has 2 atom stereocenters. The Labute approximate surface area is 117 Å². The van der Waals surface area contributed by atoms with Gasteiger partial charge in [-0.25, -0.2) is 9.59 Å². The van der Waals surface area contributed by atoms with E-state index in [1.807, 2.05) is 19.1 Å². The largest absolute Gasteiger partial charge is 0.479 e. The summed E-state index contributed by atoms with van der Waals surface area (Å²) in [6.45, 7) is 1.97. The Bertz CT molecular complexity index is 418. The topological polar surface area (TPSA) is 112 Å². The molecule has 0 bridgehead atoms. The lowest BCUT2D eigenvalue weighted by Gasteiger charge is -2.14. The number of hydrogen-bond donors (Lipinski definition) is 4. The first kappa shape index (κ1) is 16.0. The Morgan fingerprint density at radius 1 is 1.40 bits per heavy atom. The van der Waals surface area contributed by atoms with Crippen LogP contribution in [0.5, 0.6) is 0 Å². The summed E-state index contributed by atoms with van der Waals surface area (Å²) in [5.41, 5.74) is 0. The number of furan rings is 1. The molecule has 7 heteroatoms. The van der Waals surface area contributed by atoms with E-state index >= 15 is 0 Å². The van der Waals surface area contributed by atoms with Crippen LogP contribution >= 0.6 is 0 Å². The molecule has 1 unspecified atom stereocenters. The monoisotopic (exact) mass is 284 g/mol. The number of aliphatic hydroxyl groups excluding tert-OH is 1. The van der Waals surface area contributed by atoms with E-state index < -0.39 is 12.1 Å². The quantitative estimate of drug-likeness (QED) is 0.562. The summed E-state index contributed by atoms with van der Waals surface area (Å²) < 4.78 is 5.19. The maximum absolute atomic E-state index is 11.5. The van der Waals surface area contributed by atoms with Gasteiger partial charge in [0, 0.05) is 25.4 Å². The Morgan fingerprint density at radius 3 is 2.75 bits per heavy atom. The van der Waals surface area contributed by atoms with E-state index in [4.69, 9.17) is 14.6 Å². The van der Waals surface area contributed by atoms with Gasteiger partial charge in [-0.3, -0.25) is 0 Å². The molecule has 0 saturated heterocycles. The summed E-state index contributed by atoms with van der Waals surface area (Å²) in [5, 5.41) is 22.7. The second-order valence-corrected chi connectivity index (χ2v) is 4.56. The SMILES string of the molecule is CC(CCc1ccco1)NC(=O)NCC[C@H](O)C(=O)O. The van der Waals surface area contributed by atoms with Crippen LogP contribution in [0.2, 0.25) is 0 Å². The van der Waals surface area contributed by atoms with Crippen LogP contribution in [0.15, 0.2) is 22.8 Å². The fourth-order valence-electron chi connectivity index (χ4n) is 1.61. The second kappa shape index (κ2) is 8.21. The average molecular weight is 284 g/mol.